The third kappa shape index (κ3) is 2.62. The van der Waals surface area contributed by atoms with Gasteiger partial charge in [0.25, 0.3) is 5.91 Å². The van der Waals surface area contributed by atoms with Crippen molar-refractivity contribution in [3.63, 3.8) is 0 Å². The largest absolute Gasteiger partial charge is 0.372 e. The van der Waals surface area contributed by atoms with Crippen LogP contribution < -0.4 is 5.32 Å². The predicted molar refractivity (Wildman–Crippen MR) is 74.0 cm³/mol. The molecule has 0 spiro atoms. The van der Waals surface area contributed by atoms with E-state index in [1.54, 1.807) is 18.2 Å². The van der Waals surface area contributed by atoms with Gasteiger partial charge in [-0.15, -0.1) is 0 Å². The number of hydrogen-bond acceptors (Lipinski definition) is 3. The minimum atomic E-state index is -0.606. The van der Waals surface area contributed by atoms with E-state index >= 15 is 0 Å². The van der Waals surface area contributed by atoms with E-state index in [4.69, 9.17) is 10.00 Å². The summed E-state index contributed by atoms with van der Waals surface area (Å²) in [4.78, 5) is 12.2. The molecule has 0 radical (unpaired) electrons. The Labute approximate surface area is 120 Å². The van der Waals surface area contributed by atoms with Gasteiger partial charge in [-0.3, -0.25) is 4.79 Å². The fourth-order valence-electron chi connectivity index (χ4n) is 2.21. The fourth-order valence-corrected chi connectivity index (χ4v) is 2.21. The molecule has 21 heavy (non-hydrogen) atoms. The van der Waals surface area contributed by atoms with E-state index in [1.165, 1.54) is 12.1 Å². The van der Waals surface area contributed by atoms with Gasteiger partial charge in [-0.1, -0.05) is 6.07 Å². The van der Waals surface area contributed by atoms with Gasteiger partial charge >= 0.3 is 0 Å². The van der Waals surface area contributed by atoms with Crippen molar-refractivity contribution >= 4 is 11.6 Å². The highest BCUT2D eigenvalue weighted by Gasteiger charge is 2.14. The number of nitrogens with zero attached hydrogens (tertiary/aromatic N) is 1. The summed E-state index contributed by atoms with van der Waals surface area (Å²) in [5.74, 6) is -0.912. The molecule has 0 bridgehead atoms. The molecule has 1 aliphatic rings. The maximum atomic E-state index is 13.2. The fraction of sp³-hybridized carbons (Fsp3) is 0.125. The quantitative estimate of drug-likeness (QED) is 0.921. The summed E-state index contributed by atoms with van der Waals surface area (Å²) >= 11 is 0. The highest BCUT2D eigenvalue weighted by Crippen LogP contribution is 2.22. The molecule has 0 fully saturated rings. The monoisotopic (exact) mass is 282 g/mol. The summed E-state index contributed by atoms with van der Waals surface area (Å²) in [5.41, 5.74) is 2.87. The second kappa shape index (κ2) is 5.35. The van der Waals surface area contributed by atoms with E-state index in [9.17, 15) is 9.18 Å². The van der Waals surface area contributed by atoms with Crippen LogP contribution in [0.1, 0.15) is 27.0 Å². The molecule has 104 valence electrons. The normalized spacial score (nSPS) is 12.6. The van der Waals surface area contributed by atoms with Crippen LogP contribution in [0.2, 0.25) is 0 Å². The number of halogens is 1. The number of amides is 1. The van der Waals surface area contributed by atoms with Crippen molar-refractivity contribution in [3.8, 4) is 6.07 Å². The van der Waals surface area contributed by atoms with Gasteiger partial charge in [-0.2, -0.15) is 5.26 Å². The number of nitriles is 1. The van der Waals surface area contributed by atoms with Crippen LogP contribution in [0.5, 0.6) is 0 Å². The van der Waals surface area contributed by atoms with Gasteiger partial charge in [0.05, 0.1) is 18.8 Å². The number of carbonyl (C=O) groups excluding carboxylic acids is 1. The first-order valence-corrected chi connectivity index (χ1v) is 6.38. The number of carbonyl (C=O) groups is 1. The zero-order valence-corrected chi connectivity index (χ0v) is 11.0. The molecule has 1 N–H and O–H groups in total. The average Bonchev–Trinajstić information content (AvgIpc) is 2.96. The van der Waals surface area contributed by atoms with Crippen molar-refractivity contribution in [2.24, 2.45) is 0 Å². The standard InChI is InChI=1S/C16H11FN2O2/c17-15-4-3-14(6-12(15)7-18)19-16(20)10-1-2-11-8-21-9-13(11)5-10/h1-6H,8-9H2,(H,19,20). The topological polar surface area (TPSA) is 62.1 Å². The van der Waals surface area contributed by atoms with Gasteiger partial charge in [0.2, 0.25) is 0 Å². The minimum Gasteiger partial charge on any atom is -0.372 e. The number of ether oxygens (including phenoxy) is 1. The minimum absolute atomic E-state index is 0.102. The lowest BCUT2D eigenvalue weighted by Crippen LogP contribution is -2.12. The molecule has 2 aromatic rings. The molecular weight excluding hydrogens is 271 g/mol. The molecule has 1 aliphatic heterocycles. The number of fused-ring (bicyclic) bond motifs is 1. The molecule has 0 unspecified atom stereocenters. The van der Waals surface area contributed by atoms with Crippen LogP contribution in [0.15, 0.2) is 36.4 Å². The van der Waals surface area contributed by atoms with Gasteiger partial charge in [0, 0.05) is 11.3 Å². The summed E-state index contributed by atoms with van der Waals surface area (Å²) in [6, 6.07) is 11.0. The van der Waals surface area contributed by atoms with E-state index in [-0.39, 0.29) is 11.5 Å². The second-order valence-electron chi connectivity index (χ2n) is 4.74. The first-order chi connectivity index (χ1) is 10.2. The Bertz CT molecular complexity index is 765. The predicted octanol–water partition coefficient (Wildman–Crippen LogP) is 2.98. The number of hydrogen-bond donors (Lipinski definition) is 1. The molecule has 1 amide bonds. The lowest BCUT2D eigenvalue weighted by Gasteiger charge is -2.07. The van der Waals surface area contributed by atoms with Crippen LogP contribution in [-0.4, -0.2) is 5.91 Å². The Morgan fingerprint density at radius 1 is 1.19 bits per heavy atom. The molecule has 0 saturated carbocycles. The smallest absolute Gasteiger partial charge is 0.255 e. The third-order valence-corrected chi connectivity index (χ3v) is 3.33. The maximum absolute atomic E-state index is 13.2. The van der Waals surface area contributed by atoms with Crippen LogP contribution in [0.3, 0.4) is 0 Å². The van der Waals surface area contributed by atoms with Crippen LogP contribution in [0.25, 0.3) is 0 Å². The van der Waals surface area contributed by atoms with Crippen molar-refractivity contribution in [3.05, 3.63) is 64.5 Å². The van der Waals surface area contributed by atoms with Gasteiger partial charge < -0.3 is 10.1 Å². The molecule has 0 aliphatic carbocycles. The molecule has 3 rings (SSSR count). The van der Waals surface area contributed by atoms with Crippen molar-refractivity contribution in [1.82, 2.24) is 0 Å². The lowest BCUT2D eigenvalue weighted by atomic mass is 10.1. The zero-order chi connectivity index (χ0) is 14.8. The van der Waals surface area contributed by atoms with Gasteiger partial charge in [0.15, 0.2) is 0 Å². The molecule has 2 aromatic carbocycles. The average molecular weight is 282 g/mol. The summed E-state index contributed by atoms with van der Waals surface area (Å²) in [6.07, 6.45) is 0. The molecular formula is C16H11FN2O2. The molecule has 1 heterocycles. The highest BCUT2D eigenvalue weighted by molar-refractivity contribution is 6.04. The van der Waals surface area contributed by atoms with Gasteiger partial charge in [-0.25, -0.2) is 4.39 Å². The summed E-state index contributed by atoms with van der Waals surface area (Å²) in [6.45, 7) is 1.08. The Balaban J connectivity index is 1.82. The van der Waals surface area contributed by atoms with Crippen molar-refractivity contribution in [2.75, 3.05) is 5.32 Å². The molecule has 0 saturated heterocycles. The molecule has 5 heteroatoms. The second-order valence-corrected chi connectivity index (χ2v) is 4.74. The van der Waals surface area contributed by atoms with E-state index in [0.717, 1.165) is 17.2 Å². The summed E-state index contributed by atoms with van der Waals surface area (Å²) in [7, 11) is 0. The van der Waals surface area contributed by atoms with E-state index in [0.29, 0.717) is 24.5 Å². The zero-order valence-electron chi connectivity index (χ0n) is 11.0. The third-order valence-electron chi connectivity index (χ3n) is 3.33. The molecule has 4 nitrogen and oxygen atoms in total. The molecule has 0 aromatic heterocycles. The first kappa shape index (κ1) is 13.3. The Morgan fingerprint density at radius 3 is 2.81 bits per heavy atom. The summed E-state index contributed by atoms with van der Waals surface area (Å²) in [5, 5.41) is 11.4. The number of benzene rings is 2. The van der Waals surface area contributed by atoms with E-state index in [1.807, 2.05) is 6.07 Å². The maximum Gasteiger partial charge on any atom is 0.255 e. The van der Waals surface area contributed by atoms with E-state index in [2.05, 4.69) is 5.32 Å². The first-order valence-electron chi connectivity index (χ1n) is 6.38. The summed E-state index contributed by atoms with van der Waals surface area (Å²) < 4.78 is 18.5. The van der Waals surface area contributed by atoms with Crippen LogP contribution in [-0.2, 0) is 18.0 Å². The highest BCUT2D eigenvalue weighted by atomic mass is 19.1. The van der Waals surface area contributed by atoms with Crippen LogP contribution in [0.4, 0.5) is 10.1 Å². The Morgan fingerprint density at radius 2 is 2.00 bits per heavy atom. The van der Waals surface area contributed by atoms with Gasteiger partial charge in [-0.05, 0) is 41.5 Å². The number of rotatable bonds is 2. The number of anilines is 1. The van der Waals surface area contributed by atoms with Crippen LogP contribution >= 0.6 is 0 Å². The van der Waals surface area contributed by atoms with Gasteiger partial charge in [0.1, 0.15) is 11.9 Å². The Hall–Kier alpha value is -2.71. The van der Waals surface area contributed by atoms with E-state index < -0.39 is 5.82 Å². The van der Waals surface area contributed by atoms with Crippen molar-refractivity contribution < 1.29 is 13.9 Å². The van der Waals surface area contributed by atoms with Crippen LogP contribution in [0, 0.1) is 17.1 Å². The lowest BCUT2D eigenvalue weighted by molar-refractivity contribution is 0.102. The SMILES string of the molecule is N#Cc1cc(NC(=O)c2ccc3c(c2)COC3)ccc1F. The Kier molecular flexibility index (Phi) is 3.38. The van der Waals surface area contributed by atoms with Crippen molar-refractivity contribution in [2.45, 2.75) is 13.2 Å². The molecule has 0 atom stereocenters. The number of nitrogens with one attached hydrogen (secondary N) is 1. The van der Waals surface area contributed by atoms with Crippen molar-refractivity contribution in [1.29, 1.82) is 5.26 Å².